The fourth-order valence-electron chi connectivity index (χ4n) is 4.76. The summed E-state index contributed by atoms with van der Waals surface area (Å²) in [6.07, 6.45) is 32.5. The van der Waals surface area contributed by atoms with Gasteiger partial charge in [-0.1, -0.05) is 135 Å². The number of hydrogen-bond acceptors (Lipinski definition) is 3. The molecule has 0 heterocycles. The van der Waals surface area contributed by atoms with Crippen molar-refractivity contribution in [1.82, 2.24) is 5.32 Å². The van der Waals surface area contributed by atoms with E-state index in [-0.39, 0.29) is 12.5 Å². The van der Waals surface area contributed by atoms with Crippen LogP contribution in [-0.4, -0.2) is 34.9 Å². The van der Waals surface area contributed by atoms with Gasteiger partial charge in [0, 0.05) is 6.42 Å². The quantitative estimate of drug-likeness (QED) is 0.0729. The summed E-state index contributed by atoms with van der Waals surface area (Å²) in [5, 5.41) is 22.9. The van der Waals surface area contributed by atoms with Gasteiger partial charge in [0.2, 0.25) is 5.91 Å². The number of nitrogens with one attached hydrogen (secondary N) is 1. The monoisotopic (exact) mass is 509 g/mol. The number of carbonyl (C=O) groups is 1. The second-order valence-electron chi connectivity index (χ2n) is 10.9. The summed E-state index contributed by atoms with van der Waals surface area (Å²) < 4.78 is 0. The SMILES string of the molecule is CCCCCCCC/C=C\CCCCCC(=O)NC(CO)C(O)CCCCCCCCCCCCC. The van der Waals surface area contributed by atoms with Crippen molar-refractivity contribution >= 4 is 5.91 Å². The number of rotatable bonds is 28. The van der Waals surface area contributed by atoms with Crippen LogP contribution in [0.4, 0.5) is 0 Å². The maximum atomic E-state index is 12.2. The highest BCUT2D eigenvalue weighted by Crippen LogP contribution is 2.14. The summed E-state index contributed by atoms with van der Waals surface area (Å²) in [5.74, 6) is -0.0503. The first-order valence-electron chi connectivity index (χ1n) is 15.9. The molecule has 0 aromatic rings. The lowest BCUT2D eigenvalue weighted by atomic mass is 10.0. The minimum absolute atomic E-state index is 0.0503. The lowest BCUT2D eigenvalue weighted by Crippen LogP contribution is -2.45. The molecule has 0 radical (unpaired) electrons. The fraction of sp³-hybridized carbons (Fsp3) is 0.906. The van der Waals surface area contributed by atoms with Crippen LogP contribution in [0.2, 0.25) is 0 Å². The van der Waals surface area contributed by atoms with Crippen LogP contribution in [0, 0.1) is 0 Å². The van der Waals surface area contributed by atoms with Gasteiger partial charge in [-0.15, -0.1) is 0 Å². The molecule has 0 aromatic heterocycles. The molecule has 2 unspecified atom stereocenters. The summed E-state index contributed by atoms with van der Waals surface area (Å²) in [4.78, 5) is 12.2. The van der Waals surface area contributed by atoms with Gasteiger partial charge in [0.05, 0.1) is 18.8 Å². The number of aliphatic hydroxyl groups is 2. The zero-order valence-corrected chi connectivity index (χ0v) is 24.3. The molecule has 0 saturated heterocycles. The van der Waals surface area contributed by atoms with Gasteiger partial charge in [-0.3, -0.25) is 4.79 Å². The van der Waals surface area contributed by atoms with Crippen LogP contribution in [0.1, 0.15) is 168 Å². The van der Waals surface area contributed by atoms with E-state index in [1.807, 2.05) is 0 Å². The largest absolute Gasteiger partial charge is 0.394 e. The molecule has 4 heteroatoms. The van der Waals surface area contributed by atoms with Crippen LogP contribution in [0.25, 0.3) is 0 Å². The first kappa shape index (κ1) is 35.1. The minimum atomic E-state index is -0.658. The lowest BCUT2D eigenvalue weighted by Gasteiger charge is -2.22. The van der Waals surface area contributed by atoms with Crippen molar-refractivity contribution in [3.63, 3.8) is 0 Å². The Hall–Kier alpha value is -0.870. The normalized spacial score (nSPS) is 13.3. The smallest absolute Gasteiger partial charge is 0.220 e. The Morgan fingerprint density at radius 3 is 1.53 bits per heavy atom. The van der Waals surface area contributed by atoms with Crippen LogP contribution in [0.5, 0.6) is 0 Å². The molecule has 0 bridgehead atoms. The van der Waals surface area contributed by atoms with Gasteiger partial charge in [0.15, 0.2) is 0 Å². The third-order valence-corrected chi connectivity index (χ3v) is 7.28. The number of hydrogen-bond donors (Lipinski definition) is 3. The predicted octanol–water partition coefficient (Wildman–Crippen LogP) is 8.78. The predicted molar refractivity (Wildman–Crippen MR) is 156 cm³/mol. The second-order valence-corrected chi connectivity index (χ2v) is 10.9. The van der Waals surface area contributed by atoms with Crippen molar-refractivity contribution in [1.29, 1.82) is 0 Å². The first-order valence-corrected chi connectivity index (χ1v) is 15.9. The van der Waals surface area contributed by atoms with Crippen LogP contribution in [0.15, 0.2) is 12.2 Å². The maximum Gasteiger partial charge on any atom is 0.220 e. The lowest BCUT2D eigenvalue weighted by molar-refractivity contribution is -0.123. The van der Waals surface area contributed by atoms with E-state index in [1.165, 1.54) is 103 Å². The maximum absolute atomic E-state index is 12.2. The molecular weight excluding hydrogens is 446 g/mol. The second kappa shape index (κ2) is 28.7. The molecule has 36 heavy (non-hydrogen) atoms. The molecule has 0 fully saturated rings. The number of amides is 1. The van der Waals surface area contributed by atoms with E-state index >= 15 is 0 Å². The zero-order valence-electron chi connectivity index (χ0n) is 24.3. The summed E-state index contributed by atoms with van der Waals surface area (Å²) in [7, 11) is 0. The molecule has 2 atom stereocenters. The van der Waals surface area contributed by atoms with Gasteiger partial charge >= 0.3 is 0 Å². The highest BCUT2D eigenvalue weighted by atomic mass is 16.3. The van der Waals surface area contributed by atoms with E-state index in [2.05, 4.69) is 31.3 Å². The van der Waals surface area contributed by atoms with Crippen molar-refractivity contribution in [2.45, 2.75) is 180 Å². The Kier molecular flexibility index (Phi) is 28.0. The molecule has 0 saturated carbocycles. The third kappa shape index (κ3) is 24.8. The van der Waals surface area contributed by atoms with Gasteiger partial charge < -0.3 is 15.5 Å². The van der Waals surface area contributed by atoms with Crippen LogP contribution in [-0.2, 0) is 4.79 Å². The van der Waals surface area contributed by atoms with Crippen molar-refractivity contribution in [2.75, 3.05) is 6.61 Å². The van der Waals surface area contributed by atoms with Crippen molar-refractivity contribution < 1.29 is 15.0 Å². The summed E-state index contributed by atoms with van der Waals surface area (Å²) in [5.41, 5.74) is 0. The first-order chi connectivity index (χ1) is 17.7. The van der Waals surface area contributed by atoms with E-state index in [0.29, 0.717) is 12.8 Å². The highest BCUT2D eigenvalue weighted by molar-refractivity contribution is 5.76. The van der Waals surface area contributed by atoms with E-state index < -0.39 is 12.1 Å². The van der Waals surface area contributed by atoms with Gasteiger partial charge in [-0.25, -0.2) is 0 Å². The minimum Gasteiger partial charge on any atom is -0.394 e. The summed E-state index contributed by atoms with van der Waals surface area (Å²) in [6.45, 7) is 4.31. The molecule has 3 N–H and O–H groups in total. The number of carbonyl (C=O) groups excluding carboxylic acids is 1. The van der Waals surface area contributed by atoms with Gasteiger partial charge in [0.25, 0.3) is 0 Å². The van der Waals surface area contributed by atoms with Crippen LogP contribution >= 0.6 is 0 Å². The van der Waals surface area contributed by atoms with Crippen LogP contribution < -0.4 is 5.32 Å². The topological polar surface area (TPSA) is 69.6 Å². The summed E-state index contributed by atoms with van der Waals surface area (Å²) >= 11 is 0. The summed E-state index contributed by atoms with van der Waals surface area (Å²) in [6, 6.07) is -0.537. The molecular formula is C32H63NO3. The molecule has 1 amide bonds. The fourth-order valence-corrected chi connectivity index (χ4v) is 4.76. The Morgan fingerprint density at radius 1 is 0.639 bits per heavy atom. The molecule has 214 valence electrons. The van der Waals surface area contributed by atoms with Crippen molar-refractivity contribution in [3.05, 3.63) is 12.2 Å². The highest BCUT2D eigenvalue weighted by Gasteiger charge is 2.19. The number of aliphatic hydroxyl groups excluding tert-OH is 2. The van der Waals surface area contributed by atoms with Gasteiger partial charge in [0.1, 0.15) is 0 Å². The molecule has 0 aliphatic rings. The van der Waals surface area contributed by atoms with E-state index in [4.69, 9.17) is 0 Å². The van der Waals surface area contributed by atoms with Gasteiger partial charge in [-0.2, -0.15) is 0 Å². The van der Waals surface area contributed by atoms with Crippen molar-refractivity contribution in [3.8, 4) is 0 Å². The third-order valence-electron chi connectivity index (χ3n) is 7.28. The molecule has 0 rings (SSSR count). The number of allylic oxidation sites excluding steroid dienone is 2. The molecule has 0 aliphatic heterocycles. The standard InChI is InChI=1S/C32H63NO3/c1-3-5-7-9-11-13-15-16-18-20-22-24-26-28-32(36)33-30(29-34)31(35)27-25-23-21-19-17-14-12-10-8-6-4-2/h16,18,30-31,34-35H,3-15,17,19-29H2,1-2H3,(H,33,36)/b18-16-. The Balaban J connectivity index is 3.63. The Morgan fingerprint density at radius 2 is 1.06 bits per heavy atom. The average molecular weight is 510 g/mol. The van der Waals surface area contributed by atoms with Crippen molar-refractivity contribution in [2.24, 2.45) is 0 Å². The van der Waals surface area contributed by atoms with E-state index in [9.17, 15) is 15.0 Å². The van der Waals surface area contributed by atoms with E-state index in [0.717, 1.165) is 38.5 Å². The molecule has 0 aliphatic carbocycles. The Labute approximate surface area is 225 Å². The zero-order chi connectivity index (χ0) is 26.5. The van der Waals surface area contributed by atoms with E-state index in [1.54, 1.807) is 0 Å². The van der Waals surface area contributed by atoms with Gasteiger partial charge in [-0.05, 0) is 38.5 Å². The molecule has 0 spiro atoms. The van der Waals surface area contributed by atoms with Crippen LogP contribution in [0.3, 0.4) is 0 Å². The average Bonchev–Trinajstić information content (AvgIpc) is 2.88. The Bertz CT molecular complexity index is 480. The molecule has 0 aromatic carbocycles. The number of unbranched alkanes of at least 4 members (excludes halogenated alkanes) is 19. The molecule has 4 nitrogen and oxygen atoms in total.